The Morgan fingerprint density at radius 2 is 1.94 bits per heavy atom. The Hall–Kier alpha value is -3.13. The Labute approximate surface area is 182 Å². The van der Waals surface area contributed by atoms with Gasteiger partial charge in [-0.1, -0.05) is 24.3 Å². The summed E-state index contributed by atoms with van der Waals surface area (Å²) in [7, 11) is 1.76. The highest BCUT2D eigenvalue weighted by molar-refractivity contribution is 5.80. The van der Waals surface area contributed by atoms with Gasteiger partial charge in [0.2, 0.25) is 0 Å². The maximum atomic E-state index is 13.1. The monoisotopic (exact) mass is 427 g/mol. The van der Waals surface area contributed by atoms with Gasteiger partial charge in [0.1, 0.15) is 11.6 Å². The van der Waals surface area contributed by atoms with Gasteiger partial charge in [0, 0.05) is 39.3 Å². The SMILES string of the molecule is CN=C(NCc1cccc(OCC(N)=O)c1)NC1CCN(Cc2ccc(F)cc2)CC1. The minimum Gasteiger partial charge on any atom is -0.484 e. The van der Waals surface area contributed by atoms with Crippen molar-refractivity contribution in [2.45, 2.75) is 32.0 Å². The fourth-order valence-electron chi connectivity index (χ4n) is 3.56. The number of nitrogens with zero attached hydrogens (tertiary/aromatic N) is 2. The van der Waals surface area contributed by atoms with Crippen LogP contribution in [0.1, 0.15) is 24.0 Å². The van der Waals surface area contributed by atoms with Gasteiger partial charge in [-0.2, -0.15) is 0 Å². The fraction of sp³-hybridized carbons (Fsp3) is 0.391. The Balaban J connectivity index is 1.42. The van der Waals surface area contributed by atoms with Crippen LogP contribution in [0.15, 0.2) is 53.5 Å². The number of hydrogen-bond acceptors (Lipinski definition) is 4. The first kappa shape index (κ1) is 22.6. The first-order valence-corrected chi connectivity index (χ1v) is 10.5. The average Bonchev–Trinajstić information content (AvgIpc) is 2.78. The lowest BCUT2D eigenvalue weighted by atomic mass is 10.0. The smallest absolute Gasteiger partial charge is 0.255 e. The van der Waals surface area contributed by atoms with E-state index in [1.165, 1.54) is 12.1 Å². The minimum atomic E-state index is -0.503. The lowest BCUT2D eigenvalue weighted by Crippen LogP contribution is -2.48. The molecule has 2 aromatic rings. The van der Waals surface area contributed by atoms with Crippen molar-refractivity contribution in [3.8, 4) is 5.75 Å². The van der Waals surface area contributed by atoms with E-state index in [-0.39, 0.29) is 12.4 Å². The molecule has 0 aliphatic carbocycles. The summed E-state index contributed by atoms with van der Waals surface area (Å²) in [5, 5.41) is 6.82. The molecule has 0 bridgehead atoms. The number of carbonyl (C=O) groups excluding carboxylic acids is 1. The van der Waals surface area contributed by atoms with Gasteiger partial charge in [0.15, 0.2) is 12.6 Å². The van der Waals surface area contributed by atoms with E-state index in [9.17, 15) is 9.18 Å². The first-order chi connectivity index (χ1) is 15.0. The summed E-state index contributed by atoms with van der Waals surface area (Å²) in [6, 6.07) is 14.6. The second-order valence-corrected chi connectivity index (χ2v) is 7.65. The van der Waals surface area contributed by atoms with Crippen LogP contribution >= 0.6 is 0 Å². The van der Waals surface area contributed by atoms with E-state index in [1.807, 2.05) is 30.3 Å². The number of carbonyl (C=O) groups is 1. The Bertz CT molecular complexity index is 880. The van der Waals surface area contributed by atoms with Crippen molar-refractivity contribution < 1.29 is 13.9 Å². The number of nitrogens with two attached hydrogens (primary N) is 1. The second-order valence-electron chi connectivity index (χ2n) is 7.65. The Morgan fingerprint density at radius 3 is 2.61 bits per heavy atom. The molecule has 4 N–H and O–H groups in total. The van der Waals surface area contributed by atoms with Gasteiger partial charge in [-0.3, -0.25) is 14.7 Å². The Kier molecular flexibility index (Phi) is 8.23. The molecule has 8 heteroatoms. The van der Waals surface area contributed by atoms with Crippen LogP contribution in [0.25, 0.3) is 0 Å². The van der Waals surface area contributed by atoms with E-state index < -0.39 is 5.91 Å². The molecule has 7 nitrogen and oxygen atoms in total. The molecular weight excluding hydrogens is 397 g/mol. The van der Waals surface area contributed by atoms with E-state index in [1.54, 1.807) is 13.1 Å². The molecule has 0 saturated carbocycles. The van der Waals surface area contributed by atoms with Gasteiger partial charge >= 0.3 is 0 Å². The number of ether oxygens (including phenoxy) is 1. The number of rotatable bonds is 8. The molecule has 31 heavy (non-hydrogen) atoms. The van der Waals surface area contributed by atoms with Crippen molar-refractivity contribution in [3.63, 3.8) is 0 Å². The molecule has 166 valence electrons. The third-order valence-electron chi connectivity index (χ3n) is 5.21. The van der Waals surface area contributed by atoms with Gasteiger partial charge < -0.3 is 21.1 Å². The van der Waals surface area contributed by atoms with Crippen LogP contribution in [0.5, 0.6) is 5.75 Å². The van der Waals surface area contributed by atoms with E-state index in [0.717, 1.165) is 49.6 Å². The van der Waals surface area contributed by atoms with Crippen molar-refractivity contribution in [2.75, 3.05) is 26.7 Å². The van der Waals surface area contributed by atoms with E-state index >= 15 is 0 Å². The molecule has 2 aromatic carbocycles. The van der Waals surface area contributed by atoms with Crippen molar-refractivity contribution in [1.82, 2.24) is 15.5 Å². The van der Waals surface area contributed by atoms with E-state index in [0.29, 0.717) is 18.3 Å². The molecule has 1 amide bonds. The van der Waals surface area contributed by atoms with Crippen molar-refractivity contribution in [1.29, 1.82) is 0 Å². The molecule has 1 heterocycles. The molecular formula is C23H30FN5O2. The van der Waals surface area contributed by atoms with E-state index in [2.05, 4.69) is 20.5 Å². The summed E-state index contributed by atoms with van der Waals surface area (Å²) in [6.45, 7) is 3.24. The number of piperidine rings is 1. The van der Waals surface area contributed by atoms with Crippen molar-refractivity contribution >= 4 is 11.9 Å². The second kappa shape index (κ2) is 11.3. The summed E-state index contributed by atoms with van der Waals surface area (Å²) in [6.07, 6.45) is 2.02. The van der Waals surface area contributed by atoms with Gasteiger partial charge in [0.05, 0.1) is 0 Å². The topological polar surface area (TPSA) is 92.0 Å². The summed E-state index contributed by atoms with van der Waals surface area (Å²) >= 11 is 0. The predicted molar refractivity (Wildman–Crippen MR) is 119 cm³/mol. The largest absolute Gasteiger partial charge is 0.484 e. The zero-order chi connectivity index (χ0) is 22.1. The zero-order valence-electron chi connectivity index (χ0n) is 17.8. The molecule has 0 unspecified atom stereocenters. The number of amides is 1. The molecule has 0 atom stereocenters. The molecule has 1 saturated heterocycles. The Morgan fingerprint density at radius 1 is 1.19 bits per heavy atom. The van der Waals surface area contributed by atoms with Crippen LogP contribution in [-0.4, -0.2) is 49.6 Å². The molecule has 3 rings (SSSR count). The average molecular weight is 428 g/mol. The van der Waals surface area contributed by atoms with Gasteiger partial charge in [-0.15, -0.1) is 0 Å². The number of primary amides is 1. The highest BCUT2D eigenvalue weighted by Gasteiger charge is 2.20. The van der Waals surface area contributed by atoms with E-state index in [4.69, 9.17) is 10.5 Å². The molecule has 1 aliphatic rings. The third-order valence-corrected chi connectivity index (χ3v) is 5.21. The van der Waals surface area contributed by atoms with Crippen LogP contribution in [0.3, 0.4) is 0 Å². The minimum absolute atomic E-state index is 0.139. The summed E-state index contributed by atoms with van der Waals surface area (Å²) in [4.78, 5) is 17.6. The van der Waals surface area contributed by atoms with Crippen LogP contribution in [0.2, 0.25) is 0 Å². The van der Waals surface area contributed by atoms with Crippen molar-refractivity contribution in [2.24, 2.45) is 10.7 Å². The van der Waals surface area contributed by atoms with Crippen LogP contribution in [0, 0.1) is 5.82 Å². The molecule has 1 fully saturated rings. The summed E-state index contributed by atoms with van der Waals surface area (Å²) in [5.41, 5.74) is 7.26. The van der Waals surface area contributed by atoms with Crippen molar-refractivity contribution in [3.05, 3.63) is 65.5 Å². The van der Waals surface area contributed by atoms with Crippen LogP contribution in [-0.2, 0) is 17.9 Å². The van der Waals surface area contributed by atoms with Crippen LogP contribution in [0.4, 0.5) is 4.39 Å². The number of benzene rings is 2. The predicted octanol–water partition coefficient (Wildman–Crippen LogP) is 2.02. The number of hydrogen-bond donors (Lipinski definition) is 3. The standard InChI is InChI=1S/C23H30FN5O2/c1-26-23(27-14-18-3-2-4-21(13-18)31-16-22(25)30)28-20-9-11-29(12-10-20)15-17-5-7-19(24)8-6-17/h2-8,13,20H,9-12,14-16H2,1H3,(H2,25,30)(H2,26,27,28). The molecule has 0 aromatic heterocycles. The normalized spacial score (nSPS) is 15.5. The molecule has 0 spiro atoms. The number of aliphatic imine (C=N–C) groups is 1. The highest BCUT2D eigenvalue weighted by atomic mass is 19.1. The van der Waals surface area contributed by atoms with Crippen LogP contribution < -0.4 is 21.1 Å². The molecule has 0 radical (unpaired) electrons. The maximum absolute atomic E-state index is 13.1. The van der Waals surface area contributed by atoms with Gasteiger partial charge in [-0.05, 0) is 48.2 Å². The lowest BCUT2D eigenvalue weighted by molar-refractivity contribution is -0.119. The number of nitrogens with one attached hydrogen (secondary N) is 2. The third kappa shape index (κ3) is 7.57. The zero-order valence-corrected chi connectivity index (χ0v) is 17.8. The summed E-state index contributed by atoms with van der Waals surface area (Å²) in [5.74, 6) is 0.655. The quantitative estimate of drug-likeness (QED) is 0.443. The number of halogens is 1. The lowest BCUT2D eigenvalue weighted by Gasteiger charge is -2.33. The van der Waals surface area contributed by atoms with Gasteiger partial charge in [0.25, 0.3) is 5.91 Å². The maximum Gasteiger partial charge on any atom is 0.255 e. The fourth-order valence-corrected chi connectivity index (χ4v) is 3.56. The van der Waals surface area contributed by atoms with Gasteiger partial charge in [-0.25, -0.2) is 4.39 Å². The number of likely N-dealkylation sites (tertiary alicyclic amines) is 1. The molecule has 1 aliphatic heterocycles. The highest BCUT2D eigenvalue weighted by Crippen LogP contribution is 2.15. The summed E-state index contributed by atoms with van der Waals surface area (Å²) < 4.78 is 18.4. The number of guanidine groups is 1. The first-order valence-electron chi connectivity index (χ1n) is 10.5.